The van der Waals surface area contributed by atoms with Crippen LogP contribution in [-0.4, -0.2) is 49.4 Å². The van der Waals surface area contributed by atoms with E-state index in [4.69, 9.17) is 9.47 Å². The topological polar surface area (TPSA) is 102 Å². The van der Waals surface area contributed by atoms with Crippen LogP contribution in [0.3, 0.4) is 0 Å². The Hall–Kier alpha value is -4.20. The lowest BCUT2D eigenvalue weighted by Gasteiger charge is -2.32. The minimum Gasteiger partial charge on any atom is -0.466 e. The van der Waals surface area contributed by atoms with Crippen LogP contribution in [-0.2, 0) is 19.1 Å². The van der Waals surface area contributed by atoms with Crippen molar-refractivity contribution >= 4 is 23.8 Å². The van der Waals surface area contributed by atoms with Gasteiger partial charge >= 0.3 is 11.9 Å². The lowest BCUT2D eigenvalue weighted by molar-refractivity contribution is -0.137. The van der Waals surface area contributed by atoms with Crippen molar-refractivity contribution < 1.29 is 28.7 Å². The fourth-order valence-corrected chi connectivity index (χ4v) is 4.27. The number of carbonyl (C=O) groups excluding carboxylic acids is 4. The second-order valence-corrected chi connectivity index (χ2v) is 7.62. The van der Waals surface area contributed by atoms with E-state index in [2.05, 4.69) is 5.32 Å². The lowest BCUT2D eigenvalue weighted by Crippen LogP contribution is -2.40. The van der Waals surface area contributed by atoms with Crippen LogP contribution in [0, 0.1) is 0 Å². The lowest BCUT2D eigenvalue weighted by atomic mass is 9.80. The summed E-state index contributed by atoms with van der Waals surface area (Å²) in [5.74, 6) is -3.00. The Kier molecular flexibility index (Phi) is 5.83. The number of esters is 2. The van der Waals surface area contributed by atoms with Gasteiger partial charge in [-0.25, -0.2) is 9.59 Å². The number of ether oxygens (including phenoxy) is 2. The highest BCUT2D eigenvalue weighted by atomic mass is 16.5. The average Bonchev–Trinajstić information content (AvgIpc) is 3.08. The van der Waals surface area contributed by atoms with Crippen molar-refractivity contribution in [3.05, 3.63) is 93.8 Å². The summed E-state index contributed by atoms with van der Waals surface area (Å²) in [6.07, 6.45) is 0. The quantitative estimate of drug-likeness (QED) is 0.556. The van der Waals surface area contributed by atoms with Gasteiger partial charge in [-0.15, -0.1) is 0 Å². The first-order valence-corrected chi connectivity index (χ1v) is 10.3. The summed E-state index contributed by atoms with van der Waals surface area (Å²) in [7, 11) is 2.50. The van der Waals surface area contributed by atoms with Gasteiger partial charge in [-0.2, -0.15) is 0 Å². The van der Waals surface area contributed by atoms with Crippen LogP contribution in [0.1, 0.15) is 39.1 Å². The smallest absolute Gasteiger partial charge is 0.336 e. The van der Waals surface area contributed by atoms with Crippen molar-refractivity contribution in [2.24, 2.45) is 0 Å². The Morgan fingerprint density at radius 2 is 1.36 bits per heavy atom. The normalized spacial score (nSPS) is 17.7. The van der Waals surface area contributed by atoms with Gasteiger partial charge in [0.1, 0.15) is 0 Å². The van der Waals surface area contributed by atoms with E-state index >= 15 is 0 Å². The van der Waals surface area contributed by atoms with E-state index in [0.717, 1.165) is 4.90 Å². The molecule has 2 aliphatic heterocycles. The molecule has 0 fully saturated rings. The highest BCUT2D eigenvalue weighted by Crippen LogP contribution is 2.39. The molecular weight excluding hydrogens is 424 g/mol. The molecule has 33 heavy (non-hydrogen) atoms. The summed E-state index contributed by atoms with van der Waals surface area (Å²) >= 11 is 0. The minimum atomic E-state index is -0.808. The first-order chi connectivity index (χ1) is 15.9. The molecule has 2 heterocycles. The monoisotopic (exact) mass is 446 g/mol. The summed E-state index contributed by atoms with van der Waals surface area (Å²) in [5, 5.41) is 3.05. The van der Waals surface area contributed by atoms with E-state index in [9.17, 15) is 19.2 Å². The summed E-state index contributed by atoms with van der Waals surface area (Å²) in [5.41, 5.74) is 2.41. The third kappa shape index (κ3) is 3.69. The number of rotatable bonds is 5. The van der Waals surface area contributed by atoms with Gasteiger partial charge in [0, 0.05) is 11.4 Å². The van der Waals surface area contributed by atoms with Crippen LogP contribution < -0.4 is 5.32 Å². The predicted molar refractivity (Wildman–Crippen MR) is 118 cm³/mol. The Balaban J connectivity index is 1.84. The molecule has 0 radical (unpaired) electrons. The van der Waals surface area contributed by atoms with E-state index in [-0.39, 0.29) is 17.7 Å². The third-order valence-electron chi connectivity index (χ3n) is 5.78. The van der Waals surface area contributed by atoms with Crippen LogP contribution >= 0.6 is 0 Å². The van der Waals surface area contributed by atoms with Crippen LogP contribution in [0.5, 0.6) is 0 Å². The number of carbonyl (C=O) groups is 4. The number of fused-ring (bicyclic) bond motifs is 1. The Morgan fingerprint density at radius 1 is 0.848 bits per heavy atom. The number of nitrogens with one attached hydrogen (secondary N) is 1. The summed E-state index contributed by atoms with van der Waals surface area (Å²) in [6.45, 7) is 1.49. The Labute approximate surface area is 190 Å². The van der Waals surface area contributed by atoms with Crippen molar-refractivity contribution in [1.82, 2.24) is 10.2 Å². The van der Waals surface area contributed by atoms with E-state index in [1.807, 2.05) is 6.07 Å². The van der Waals surface area contributed by atoms with Crippen LogP contribution in [0.4, 0.5) is 0 Å². The number of benzene rings is 2. The molecule has 0 bridgehead atoms. The fraction of sp³-hybridized carbons (Fsp3) is 0.200. The van der Waals surface area contributed by atoms with E-state index in [0.29, 0.717) is 28.1 Å². The second-order valence-electron chi connectivity index (χ2n) is 7.62. The largest absolute Gasteiger partial charge is 0.466 e. The maximum absolute atomic E-state index is 13.0. The molecule has 0 spiro atoms. The number of nitrogens with zero attached hydrogens (tertiary/aromatic N) is 1. The Bertz CT molecular complexity index is 1190. The van der Waals surface area contributed by atoms with Gasteiger partial charge < -0.3 is 14.8 Å². The summed E-state index contributed by atoms with van der Waals surface area (Å²) in [4.78, 5) is 52.6. The molecule has 4 rings (SSSR count). The number of methoxy groups -OCH3 is 2. The molecule has 1 N–H and O–H groups in total. The van der Waals surface area contributed by atoms with Crippen molar-refractivity contribution in [2.75, 3.05) is 20.8 Å². The highest BCUT2D eigenvalue weighted by molar-refractivity contribution is 6.21. The number of hydrogen-bond acceptors (Lipinski definition) is 7. The van der Waals surface area contributed by atoms with Crippen molar-refractivity contribution in [1.29, 1.82) is 0 Å². The zero-order valence-electron chi connectivity index (χ0n) is 18.4. The number of allylic oxidation sites excluding steroid dienone is 1. The number of amides is 2. The predicted octanol–water partition coefficient (Wildman–Crippen LogP) is 2.54. The molecule has 8 heteroatoms. The van der Waals surface area contributed by atoms with Crippen molar-refractivity contribution in [3.8, 4) is 0 Å². The van der Waals surface area contributed by atoms with Crippen molar-refractivity contribution in [3.63, 3.8) is 0 Å². The molecule has 2 aromatic carbocycles. The molecule has 0 aromatic heterocycles. The van der Waals surface area contributed by atoms with Gasteiger partial charge in [-0.1, -0.05) is 42.5 Å². The van der Waals surface area contributed by atoms with Gasteiger partial charge in [0.2, 0.25) is 0 Å². The van der Waals surface area contributed by atoms with Gasteiger partial charge in [0.15, 0.2) is 0 Å². The first-order valence-electron chi connectivity index (χ1n) is 10.3. The molecule has 2 aromatic rings. The molecule has 8 nitrogen and oxygen atoms in total. The van der Waals surface area contributed by atoms with E-state index in [1.165, 1.54) is 14.2 Å². The standard InChI is InChI=1S/C25H22N2O6/c1-14-19(24(30)32-2)20(15-9-5-4-6-10-15)21(25(31)33-3)18(26-14)13-27-22(28)16-11-7-8-12-17(16)23(27)29/h4-12,20,26H,13H2,1-3H3. The zero-order valence-corrected chi connectivity index (χ0v) is 18.4. The Morgan fingerprint density at radius 3 is 1.91 bits per heavy atom. The van der Waals surface area contributed by atoms with Gasteiger partial charge in [-0.3, -0.25) is 14.5 Å². The molecule has 2 amide bonds. The first kappa shape index (κ1) is 22.0. The molecule has 2 aliphatic rings. The van der Waals surface area contributed by atoms with Gasteiger partial charge in [0.05, 0.1) is 49.0 Å². The zero-order chi connectivity index (χ0) is 23.7. The molecule has 168 valence electrons. The van der Waals surface area contributed by atoms with E-state index in [1.54, 1.807) is 55.5 Å². The SMILES string of the molecule is COC(=O)C1=C(C)NC(CN2C(=O)c3ccccc3C2=O)=C(C(=O)OC)C1c1ccccc1. The minimum absolute atomic E-state index is 0.131. The van der Waals surface area contributed by atoms with Crippen LogP contribution in [0.2, 0.25) is 0 Å². The molecule has 0 saturated carbocycles. The van der Waals surface area contributed by atoms with Crippen LogP contribution in [0.15, 0.2) is 77.1 Å². The molecule has 1 atom stereocenters. The molecule has 1 unspecified atom stereocenters. The van der Waals surface area contributed by atoms with E-state index < -0.39 is 29.7 Å². The van der Waals surface area contributed by atoms with Gasteiger partial charge in [0.25, 0.3) is 11.8 Å². The average molecular weight is 446 g/mol. The highest BCUT2D eigenvalue weighted by Gasteiger charge is 2.41. The van der Waals surface area contributed by atoms with Gasteiger partial charge in [-0.05, 0) is 24.6 Å². The van der Waals surface area contributed by atoms with Crippen LogP contribution in [0.25, 0.3) is 0 Å². The molecule has 0 aliphatic carbocycles. The molecule has 0 saturated heterocycles. The van der Waals surface area contributed by atoms with Crippen molar-refractivity contribution in [2.45, 2.75) is 12.8 Å². The number of imide groups is 1. The third-order valence-corrected chi connectivity index (χ3v) is 5.78. The summed E-state index contributed by atoms with van der Waals surface area (Å²) < 4.78 is 10.0. The number of dihydropyridines is 1. The maximum Gasteiger partial charge on any atom is 0.336 e. The fourth-order valence-electron chi connectivity index (χ4n) is 4.27. The number of hydrogen-bond donors (Lipinski definition) is 1. The second kappa shape index (κ2) is 8.74. The maximum atomic E-state index is 13.0. The molecular formula is C25H22N2O6. The summed E-state index contributed by atoms with van der Waals surface area (Å²) in [6, 6.07) is 15.5.